The van der Waals surface area contributed by atoms with Gasteiger partial charge in [0.25, 0.3) is 5.91 Å². The van der Waals surface area contributed by atoms with Crippen LogP contribution in [0.3, 0.4) is 0 Å². The summed E-state index contributed by atoms with van der Waals surface area (Å²) in [6.45, 7) is 4.28. The molecule has 0 saturated heterocycles. The van der Waals surface area contributed by atoms with E-state index in [0.29, 0.717) is 10.8 Å². The topological polar surface area (TPSA) is 57.8 Å². The predicted octanol–water partition coefficient (Wildman–Crippen LogP) is 5.98. The van der Waals surface area contributed by atoms with Crippen LogP contribution in [0.2, 0.25) is 0 Å². The normalized spacial score (nSPS) is 11.1. The Hall–Kier alpha value is -3.05. The maximum absolute atomic E-state index is 12.9. The van der Waals surface area contributed by atoms with Gasteiger partial charge in [-0.3, -0.25) is 4.79 Å². The highest BCUT2D eigenvalue weighted by Gasteiger charge is 2.13. The summed E-state index contributed by atoms with van der Waals surface area (Å²) in [6, 6.07) is 23.3. The Bertz CT molecular complexity index is 1100. The molecular weight excluding hydrogens is 366 g/mol. The Morgan fingerprint density at radius 1 is 1.00 bits per heavy atom. The molecule has 140 valence electrons. The molecule has 0 bridgehead atoms. The number of thioether (sulfide) groups is 1. The molecule has 0 fully saturated rings. The Kier molecular flexibility index (Phi) is 5.17. The van der Waals surface area contributed by atoms with Crippen LogP contribution < -0.4 is 5.32 Å². The number of aromatic amines is 1. The van der Waals surface area contributed by atoms with E-state index in [0.717, 1.165) is 33.0 Å². The molecule has 3 aromatic carbocycles. The lowest BCUT2D eigenvalue weighted by atomic mass is 10.1. The smallest absolute Gasteiger partial charge is 0.255 e. The lowest BCUT2D eigenvalue weighted by molar-refractivity contribution is 0.102. The summed E-state index contributed by atoms with van der Waals surface area (Å²) in [4.78, 5) is 21.9. The molecule has 2 N–H and O–H groups in total. The summed E-state index contributed by atoms with van der Waals surface area (Å²) in [6.07, 6.45) is 0. The molecule has 0 radical (unpaired) electrons. The van der Waals surface area contributed by atoms with Crippen LogP contribution in [0, 0.1) is 0 Å². The molecule has 4 aromatic rings. The number of aromatic nitrogens is 2. The minimum atomic E-state index is -0.130. The fraction of sp³-hybridized carbons (Fsp3) is 0.130. The van der Waals surface area contributed by atoms with E-state index in [9.17, 15) is 4.79 Å². The number of H-pyrrole nitrogens is 1. The largest absolute Gasteiger partial charge is 0.338 e. The van der Waals surface area contributed by atoms with E-state index in [1.165, 1.54) is 0 Å². The first kappa shape index (κ1) is 18.3. The van der Waals surface area contributed by atoms with Crippen molar-refractivity contribution >= 4 is 34.4 Å². The van der Waals surface area contributed by atoms with E-state index >= 15 is 0 Å². The molecule has 1 heterocycles. The molecule has 1 amide bonds. The number of para-hydroxylation sites is 3. The van der Waals surface area contributed by atoms with Gasteiger partial charge in [-0.2, -0.15) is 0 Å². The minimum absolute atomic E-state index is 0.130. The van der Waals surface area contributed by atoms with E-state index in [1.807, 2.05) is 72.8 Å². The van der Waals surface area contributed by atoms with Crippen LogP contribution >= 0.6 is 11.8 Å². The molecule has 28 heavy (non-hydrogen) atoms. The van der Waals surface area contributed by atoms with Crippen LogP contribution in [0.5, 0.6) is 0 Å². The predicted molar refractivity (Wildman–Crippen MR) is 117 cm³/mol. The number of rotatable bonds is 5. The first-order chi connectivity index (χ1) is 13.6. The van der Waals surface area contributed by atoms with Crippen molar-refractivity contribution in [1.82, 2.24) is 9.97 Å². The quantitative estimate of drug-likeness (QED) is 0.414. The van der Waals surface area contributed by atoms with Gasteiger partial charge in [0, 0.05) is 21.3 Å². The fourth-order valence-electron chi connectivity index (χ4n) is 3.06. The minimum Gasteiger partial charge on any atom is -0.338 e. The van der Waals surface area contributed by atoms with Crippen molar-refractivity contribution < 1.29 is 4.79 Å². The van der Waals surface area contributed by atoms with E-state index in [4.69, 9.17) is 0 Å². The second-order valence-corrected chi connectivity index (χ2v) is 8.45. The number of hydrogen-bond donors (Lipinski definition) is 2. The van der Waals surface area contributed by atoms with Crippen molar-refractivity contribution in [2.45, 2.75) is 24.0 Å². The van der Waals surface area contributed by atoms with Crippen molar-refractivity contribution in [2.75, 3.05) is 5.32 Å². The standard InChI is InChI=1S/C23H21N3OS/c1-15(2)28-17-9-7-8-16(14-17)23(27)26-19-11-4-3-10-18(19)22-24-20-12-5-6-13-21(20)25-22/h3-15H,1-2H3,(H,24,25)(H,26,27). The van der Waals surface area contributed by atoms with Gasteiger partial charge in [-0.25, -0.2) is 4.98 Å². The summed E-state index contributed by atoms with van der Waals surface area (Å²) in [5, 5.41) is 3.51. The molecular formula is C23H21N3OS. The highest BCUT2D eigenvalue weighted by atomic mass is 32.2. The van der Waals surface area contributed by atoms with Gasteiger partial charge in [-0.15, -0.1) is 11.8 Å². The van der Waals surface area contributed by atoms with Gasteiger partial charge in [0.05, 0.1) is 16.7 Å². The second kappa shape index (κ2) is 7.90. The summed E-state index contributed by atoms with van der Waals surface area (Å²) in [5.41, 5.74) is 4.10. The number of carbonyl (C=O) groups is 1. The molecule has 5 heteroatoms. The number of nitrogens with one attached hydrogen (secondary N) is 2. The van der Waals surface area contributed by atoms with Gasteiger partial charge in [-0.1, -0.05) is 44.2 Å². The maximum atomic E-state index is 12.9. The first-order valence-electron chi connectivity index (χ1n) is 9.22. The number of nitrogens with zero attached hydrogens (tertiary/aromatic N) is 1. The Morgan fingerprint density at radius 3 is 2.61 bits per heavy atom. The van der Waals surface area contributed by atoms with Gasteiger partial charge in [-0.05, 0) is 42.5 Å². The number of imidazole rings is 1. The number of benzene rings is 3. The molecule has 1 aromatic heterocycles. The third-order valence-corrected chi connectivity index (χ3v) is 5.29. The van der Waals surface area contributed by atoms with Crippen molar-refractivity contribution in [2.24, 2.45) is 0 Å². The first-order valence-corrected chi connectivity index (χ1v) is 10.1. The third-order valence-electron chi connectivity index (χ3n) is 4.29. The maximum Gasteiger partial charge on any atom is 0.255 e. The Labute approximate surface area is 168 Å². The van der Waals surface area contributed by atoms with Crippen molar-refractivity contribution in [3.8, 4) is 11.4 Å². The van der Waals surface area contributed by atoms with E-state index in [2.05, 4.69) is 29.1 Å². The molecule has 0 aliphatic heterocycles. The summed E-state index contributed by atoms with van der Waals surface area (Å²) >= 11 is 1.74. The van der Waals surface area contributed by atoms with E-state index < -0.39 is 0 Å². The third kappa shape index (κ3) is 3.94. The highest BCUT2D eigenvalue weighted by molar-refractivity contribution is 7.99. The molecule has 4 rings (SSSR count). The van der Waals surface area contributed by atoms with Crippen molar-refractivity contribution in [1.29, 1.82) is 0 Å². The summed E-state index contributed by atoms with van der Waals surface area (Å²) < 4.78 is 0. The summed E-state index contributed by atoms with van der Waals surface area (Å²) in [5.74, 6) is 0.607. The Morgan fingerprint density at radius 2 is 1.79 bits per heavy atom. The lowest BCUT2D eigenvalue weighted by Gasteiger charge is -2.11. The van der Waals surface area contributed by atoms with Crippen LogP contribution in [0.4, 0.5) is 5.69 Å². The van der Waals surface area contributed by atoms with E-state index in [-0.39, 0.29) is 5.91 Å². The fourth-order valence-corrected chi connectivity index (χ4v) is 3.95. The van der Waals surface area contributed by atoms with Crippen LogP contribution in [-0.2, 0) is 0 Å². The highest BCUT2D eigenvalue weighted by Crippen LogP contribution is 2.28. The average molecular weight is 388 g/mol. The molecule has 0 aliphatic rings. The molecule has 0 atom stereocenters. The number of amides is 1. The zero-order valence-corrected chi connectivity index (χ0v) is 16.6. The number of anilines is 1. The van der Waals surface area contributed by atoms with Crippen molar-refractivity contribution in [3.05, 3.63) is 78.4 Å². The summed E-state index contributed by atoms with van der Waals surface area (Å²) in [7, 11) is 0. The molecule has 0 unspecified atom stereocenters. The molecule has 4 nitrogen and oxygen atoms in total. The van der Waals surface area contributed by atoms with Gasteiger partial charge in [0.1, 0.15) is 5.82 Å². The number of carbonyl (C=O) groups excluding carboxylic acids is 1. The lowest BCUT2D eigenvalue weighted by Crippen LogP contribution is -2.12. The average Bonchev–Trinajstić information content (AvgIpc) is 3.12. The second-order valence-electron chi connectivity index (χ2n) is 6.80. The zero-order chi connectivity index (χ0) is 19.5. The van der Waals surface area contributed by atoms with Crippen LogP contribution in [0.25, 0.3) is 22.4 Å². The monoisotopic (exact) mass is 387 g/mol. The van der Waals surface area contributed by atoms with Crippen molar-refractivity contribution in [3.63, 3.8) is 0 Å². The van der Waals surface area contributed by atoms with E-state index in [1.54, 1.807) is 11.8 Å². The number of hydrogen-bond acceptors (Lipinski definition) is 3. The van der Waals surface area contributed by atoms with Gasteiger partial charge in [0.2, 0.25) is 0 Å². The molecule has 0 spiro atoms. The van der Waals surface area contributed by atoms with Crippen LogP contribution in [-0.4, -0.2) is 21.1 Å². The molecule has 0 saturated carbocycles. The van der Waals surface area contributed by atoms with Crippen LogP contribution in [0.1, 0.15) is 24.2 Å². The molecule has 0 aliphatic carbocycles. The number of fused-ring (bicyclic) bond motifs is 1. The Balaban J connectivity index is 1.63. The van der Waals surface area contributed by atoms with Gasteiger partial charge in [0.15, 0.2) is 0 Å². The van der Waals surface area contributed by atoms with Gasteiger partial charge >= 0.3 is 0 Å². The van der Waals surface area contributed by atoms with Crippen LogP contribution in [0.15, 0.2) is 77.7 Å². The zero-order valence-electron chi connectivity index (χ0n) is 15.8. The SMILES string of the molecule is CC(C)Sc1cccc(C(=O)Nc2ccccc2-c2nc3ccccc3[nH]2)c1. The van der Waals surface area contributed by atoms with Gasteiger partial charge < -0.3 is 10.3 Å².